The van der Waals surface area contributed by atoms with Gasteiger partial charge in [-0.25, -0.2) is 4.98 Å². The summed E-state index contributed by atoms with van der Waals surface area (Å²) in [6.07, 6.45) is 4.89. The van der Waals surface area contributed by atoms with E-state index in [4.69, 9.17) is 0 Å². The summed E-state index contributed by atoms with van der Waals surface area (Å²) in [5.41, 5.74) is 1.82. The van der Waals surface area contributed by atoms with E-state index in [9.17, 15) is 4.79 Å². The van der Waals surface area contributed by atoms with Crippen molar-refractivity contribution in [1.82, 2.24) is 9.55 Å². The topological polar surface area (TPSA) is 34.9 Å². The minimum Gasteiger partial charge on any atom is -0.274 e. The van der Waals surface area contributed by atoms with Gasteiger partial charge in [-0.15, -0.1) is 0 Å². The summed E-state index contributed by atoms with van der Waals surface area (Å²) in [5, 5.41) is 0. The van der Waals surface area contributed by atoms with E-state index in [1.54, 1.807) is 10.9 Å². The number of rotatable bonds is 1. The zero-order chi connectivity index (χ0) is 10.3. The molecule has 1 aromatic carbocycles. The molecule has 0 aliphatic heterocycles. The summed E-state index contributed by atoms with van der Waals surface area (Å²) in [5.74, 6) is 0.428. The lowest BCUT2D eigenvalue weighted by atomic mass is 9.85. The van der Waals surface area contributed by atoms with Crippen LogP contribution in [0.3, 0.4) is 0 Å². The number of fused-ring (bicyclic) bond motifs is 1. The number of carbonyl (C=O) groups is 1. The van der Waals surface area contributed by atoms with Crippen LogP contribution in [0.1, 0.15) is 24.1 Å². The van der Waals surface area contributed by atoms with Crippen LogP contribution in [0.4, 0.5) is 0 Å². The minimum absolute atomic E-state index is 0.204. The molecule has 0 radical (unpaired) electrons. The number of aromatic nitrogens is 2. The Bertz CT molecular complexity index is 511. The fourth-order valence-corrected chi connectivity index (χ4v) is 1.99. The highest BCUT2D eigenvalue weighted by Gasteiger charge is 2.27. The highest BCUT2D eigenvalue weighted by Crippen LogP contribution is 2.28. The molecule has 0 saturated heterocycles. The van der Waals surface area contributed by atoms with E-state index in [1.165, 1.54) is 6.42 Å². The molecular weight excluding hydrogens is 188 g/mol. The zero-order valence-electron chi connectivity index (χ0n) is 8.39. The molecule has 0 N–H and O–H groups in total. The van der Waals surface area contributed by atoms with E-state index in [0.29, 0.717) is 0 Å². The molecule has 0 bridgehead atoms. The van der Waals surface area contributed by atoms with Crippen molar-refractivity contribution in [2.75, 3.05) is 0 Å². The Morgan fingerprint density at radius 2 is 2.13 bits per heavy atom. The fraction of sp³-hybridized carbons (Fsp3) is 0.333. The Morgan fingerprint density at radius 1 is 1.33 bits per heavy atom. The Kier molecular flexibility index (Phi) is 1.84. The largest absolute Gasteiger partial charge is 0.274 e. The van der Waals surface area contributed by atoms with E-state index < -0.39 is 0 Å². The van der Waals surface area contributed by atoms with Gasteiger partial charge in [0.2, 0.25) is 5.91 Å². The maximum atomic E-state index is 12.0. The highest BCUT2D eigenvalue weighted by atomic mass is 16.2. The van der Waals surface area contributed by atoms with Gasteiger partial charge < -0.3 is 0 Å². The van der Waals surface area contributed by atoms with Gasteiger partial charge in [-0.3, -0.25) is 9.36 Å². The third kappa shape index (κ3) is 1.27. The molecule has 3 nitrogen and oxygen atoms in total. The fourth-order valence-electron chi connectivity index (χ4n) is 1.99. The summed E-state index contributed by atoms with van der Waals surface area (Å²) in [4.78, 5) is 16.2. The lowest BCUT2D eigenvalue weighted by molar-refractivity contribution is 0.0770. The van der Waals surface area contributed by atoms with Crippen LogP contribution in [0.5, 0.6) is 0 Å². The Morgan fingerprint density at radius 3 is 2.87 bits per heavy atom. The van der Waals surface area contributed by atoms with Gasteiger partial charge in [0.1, 0.15) is 6.33 Å². The summed E-state index contributed by atoms with van der Waals surface area (Å²) < 4.78 is 1.69. The molecular formula is C12H12N2O. The molecule has 0 amide bonds. The van der Waals surface area contributed by atoms with Crippen LogP contribution in [0, 0.1) is 5.92 Å². The van der Waals surface area contributed by atoms with Crippen molar-refractivity contribution in [2.45, 2.75) is 19.3 Å². The molecule has 0 unspecified atom stereocenters. The molecule has 1 heterocycles. The molecule has 1 aromatic heterocycles. The molecule has 15 heavy (non-hydrogen) atoms. The number of imidazole rings is 1. The normalized spacial score (nSPS) is 16.5. The lowest BCUT2D eigenvalue weighted by Gasteiger charge is -2.23. The van der Waals surface area contributed by atoms with Gasteiger partial charge >= 0.3 is 0 Å². The molecule has 3 rings (SSSR count). The van der Waals surface area contributed by atoms with Crippen LogP contribution in [-0.4, -0.2) is 15.5 Å². The first-order valence-corrected chi connectivity index (χ1v) is 5.32. The summed E-state index contributed by atoms with van der Waals surface area (Å²) in [6, 6.07) is 7.75. The molecule has 1 fully saturated rings. The Labute approximate surface area is 87.7 Å². The van der Waals surface area contributed by atoms with Crippen LogP contribution in [0.15, 0.2) is 30.6 Å². The van der Waals surface area contributed by atoms with Gasteiger partial charge in [0.15, 0.2) is 0 Å². The molecule has 1 saturated carbocycles. The SMILES string of the molecule is O=C(C1CCC1)n1cnc2ccccc21. The highest BCUT2D eigenvalue weighted by molar-refractivity contribution is 5.91. The number of carbonyl (C=O) groups excluding carboxylic acids is 1. The van der Waals surface area contributed by atoms with Gasteiger partial charge in [0.25, 0.3) is 0 Å². The van der Waals surface area contributed by atoms with E-state index in [1.807, 2.05) is 24.3 Å². The second kappa shape index (κ2) is 3.19. The predicted molar refractivity (Wildman–Crippen MR) is 57.7 cm³/mol. The van der Waals surface area contributed by atoms with Gasteiger partial charge in [-0.1, -0.05) is 18.6 Å². The van der Waals surface area contributed by atoms with E-state index in [0.717, 1.165) is 23.9 Å². The van der Waals surface area contributed by atoms with Crippen LogP contribution in [0.25, 0.3) is 11.0 Å². The average Bonchev–Trinajstić information content (AvgIpc) is 2.58. The summed E-state index contributed by atoms with van der Waals surface area (Å²) in [6.45, 7) is 0. The number of benzene rings is 1. The number of para-hydroxylation sites is 2. The van der Waals surface area contributed by atoms with Gasteiger partial charge in [0.05, 0.1) is 11.0 Å². The van der Waals surface area contributed by atoms with Gasteiger partial charge in [-0.2, -0.15) is 0 Å². The molecule has 0 spiro atoms. The van der Waals surface area contributed by atoms with E-state index >= 15 is 0 Å². The zero-order valence-corrected chi connectivity index (χ0v) is 8.39. The first-order chi connectivity index (χ1) is 7.36. The van der Waals surface area contributed by atoms with Crippen molar-refractivity contribution in [3.8, 4) is 0 Å². The molecule has 2 aromatic rings. The maximum Gasteiger partial charge on any atom is 0.235 e. The quantitative estimate of drug-likeness (QED) is 0.708. The standard InChI is InChI=1S/C12H12N2O/c15-12(9-4-3-5-9)14-8-13-10-6-1-2-7-11(10)14/h1-2,6-9H,3-5H2. The molecule has 0 atom stereocenters. The van der Waals surface area contributed by atoms with Crippen molar-refractivity contribution in [2.24, 2.45) is 5.92 Å². The maximum absolute atomic E-state index is 12.0. The number of hydrogen-bond donors (Lipinski definition) is 0. The van der Waals surface area contributed by atoms with Crippen molar-refractivity contribution < 1.29 is 4.79 Å². The lowest BCUT2D eigenvalue weighted by Crippen LogP contribution is -2.26. The second-order valence-electron chi connectivity index (χ2n) is 4.07. The number of hydrogen-bond acceptors (Lipinski definition) is 2. The van der Waals surface area contributed by atoms with Gasteiger partial charge in [0, 0.05) is 5.92 Å². The van der Waals surface area contributed by atoms with Crippen molar-refractivity contribution in [3.63, 3.8) is 0 Å². The third-order valence-corrected chi connectivity index (χ3v) is 3.15. The first-order valence-electron chi connectivity index (χ1n) is 5.32. The molecule has 76 valence electrons. The second-order valence-corrected chi connectivity index (χ2v) is 4.07. The van der Waals surface area contributed by atoms with Crippen LogP contribution < -0.4 is 0 Å². The monoisotopic (exact) mass is 200 g/mol. The average molecular weight is 200 g/mol. The third-order valence-electron chi connectivity index (χ3n) is 3.15. The van der Waals surface area contributed by atoms with Crippen molar-refractivity contribution in [3.05, 3.63) is 30.6 Å². The Balaban J connectivity index is 2.06. The molecule has 3 heteroatoms. The van der Waals surface area contributed by atoms with Crippen LogP contribution >= 0.6 is 0 Å². The Hall–Kier alpha value is -1.64. The summed E-state index contributed by atoms with van der Waals surface area (Å²) >= 11 is 0. The van der Waals surface area contributed by atoms with Crippen molar-refractivity contribution >= 4 is 16.9 Å². The summed E-state index contributed by atoms with van der Waals surface area (Å²) in [7, 11) is 0. The van der Waals surface area contributed by atoms with E-state index in [2.05, 4.69) is 4.98 Å². The molecule has 1 aliphatic carbocycles. The van der Waals surface area contributed by atoms with Crippen LogP contribution in [-0.2, 0) is 0 Å². The van der Waals surface area contributed by atoms with Crippen LogP contribution in [0.2, 0.25) is 0 Å². The first kappa shape index (κ1) is 8.65. The smallest absolute Gasteiger partial charge is 0.235 e. The van der Waals surface area contributed by atoms with Crippen molar-refractivity contribution in [1.29, 1.82) is 0 Å². The minimum atomic E-state index is 0.204. The van der Waals surface area contributed by atoms with E-state index in [-0.39, 0.29) is 11.8 Å². The predicted octanol–water partition coefficient (Wildman–Crippen LogP) is 2.48. The number of nitrogens with zero attached hydrogens (tertiary/aromatic N) is 2. The van der Waals surface area contributed by atoms with Gasteiger partial charge in [-0.05, 0) is 25.0 Å². The molecule has 1 aliphatic rings.